The number of pyridine rings is 1. The van der Waals surface area contributed by atoms with Gasteiger partial charge in [-0.15, -0.1) is 0 Å². The fraction of sp³-hybridized carbons (Fsp3) is 0.381. The van der Waals surface area contributed by atoms with Gasteiger partial charge in [0.1, 0.15) is 11.4 Å². The second-order valence-corrected chi connectivity index (χ2v) is 9.25. The molecule has 2 amide bonds. The maximum atomic E-state index is 10.6. The molecular weight excluding hydrogens is 504 g/mol. The van der Waals surface area contributed by atoms with Crippen LogP contribution in [0, 0.1) is 6.92 Å². The standard InChI is InChI=1S/C17H18BrNO2.C4H4BrNO2/c1-10-8-12(6-7-19-10)11-4-5-14-13(9-11)15(20)16(18)17(2,3)21-14;5-6-3(7)1-2-4(6)8/h4-9,15-16,20H,1-3H3;1-2H2/t15-,16+;/m1./s1. The first-order valence-electron chi connectivity index (χ1n) is 9.20. The van der Waals surface area contributed by atoms with Gasteiger partial charge in [-0.2, -0.15) is 0 Å². The molecular formula is C21H22Br2N2O4. The minimum Gasteiger partial charge on any atom is -0.486 e. The largest absolute Gasteiger partial charge is 0.486 e. The molecule has 154 valence electrons. The Morgan fingerprint density at radius 3 is 2.31 bits per heavy atom. The van der Waals surface area contributed by atoms with Crippen LogP contribution in [0.4, 0.5) is 0 Å². The molecule has 1 saturated heterocycles. The van der Waals surface area contributed by atoms with Crippen LogP contribution in [0.25, 0.3) is 11.1 Å². The molecule has 8 heteroatoms. The monoisotopic (exact) mass is 524 g/mol. The quantitative estimate of drug-likeness (QED) is 0.337. The van der Waals surface area contributed by atoms with Crippen molar-refractivity contribution in [1.29, 1.82) is 0 Å². The second-order valence-electron chi connectivity index (χ2n) is 7.56. The maximum absolute atomic E-state index is 10.6. The van der Waals surface area contributed by atoms with Crippen LogP contribution in [0.3, 0.4) is 0 Å². The van der Waals surface area contributed by atoms with Crippen LogP contribution in [0.2, 0.25) is 0 Å². The number of benzene rings is 1. The number of hydrogen-bond donors (Lipinski definition) is 1. The smallest absolute Gasteiger partial charge is 0.239 e. The number of nitrogens with zero attached hydrogens (tertiary/aromatic N) is 2. The lowest BCUT2D eigenvalue weighted by Gasteiger charge is -2.40. The summed E-state index contributed by atoms with van der Waals surface area (Å²) < 4.78 is 6.98. The van der Waals surface area contributed by atoms with Crippen LogP contribution in [0.1, 0.15) is 44.1 Å². The lowest BCUT2D eigenvalue weighted by molar-refractivity contribution is -0.131. The average Bonchev–Trinajstić information content (AvgIpc) is 2.97. The lowest BCUT2D eigenvalue weighted by atomic mass is 9.90. The van der Waals surface area contributed by atoms with E-state index in [4.69, 9.17) is 4.74 Å². The number of amides is 2. The third kappa shape index (κ3) is 4.70. The van der Waals surface area contributed by atoms with E-state index in [0.717, 1.165) is 32.1 Å². The van der Waals surface area contributed by atoms with Crippen LogP contribution in [-0.2, 0) is 9.59 Å². The van der Waals surface area contributed by atoms with E-state index < -0.39 is 11.7 Å². The maximum Gasteiger partial charge on any atom is 0.239 e. The van der Waals surface area contributed by atoms with Gasteiger partial charge >= 0.3 is 0 Å². The van der Waals surface area contributed by atoms with Crippen molar-refractivity contribution in [1.82, 2.24) is 8.91 Å². The molecule has 1 aromatic carbocycles. The van der Waals surface area contributed by atoms with E-state index >= 15 is 0 Å². The SMILES string of the molecule is Cc1cc(-c2ccc3c(c2)[C@@H](O)[C@H](Br)C(C)(C)O3)ccn1.O=C1CCC(=O)N1Br. The van der Waals surface area contributed by atoms with E-state index in [2.05, 4.69) is 37.1 Å². The van der Waals surface area contributed by atoms with Gasteiger partial charge in [0, 0.05) is 30.3 Å². The summed E-state index contributed by atoms with van der Waals surface area (Å²) in [7, 11) is 0. The Kier molecular flexibility index (Phi) is 6.45. The molecule has 4 rings (SSSR count). The van der Waals surface area contributed by atoms with Gasteiger partial charge < -0.3 is 9.84 Å². The molecule has 1 fully saturated rings. The lowest BCUT2D eigenvalue weighted by Crippen LogP contribution is -2.45. The van der Waals surface area contributed by atoms with Gasteiger partial charge in [-0.3, -0.25) is 14.6 Å². The molecule has 1 N–H and O–H groups in total. The Balaban J connectivity index is 0.000000252. The summed E-state index contributed by atoms with van der Waals surface area (Å²) in [4.78, 5) is 25.0. The van der Waals surface area contributed by atoms with E-state index in [-0.39, 0.29) is 16.6 Å². The van der Waals surface area contributed by atoms with Gasteiger partial charge in [0.2, 0.25) is 11.8 Å². The number of alkyl halides is 1. The van der Waals surface area contributed by atoms with E-state index in [1.165, 1.54) is 0 Å². The molecule has 2 aromatic rings. The number of aryl methyl sites for hydroxylation is 1. The van der Waals surface area contributed by atoms with Gasteiger partial charge in [-0.05, 0) is 56.2 Å². The Hall–Kier alpha value is -1.77. The summed E-state index contributed by atoms with van der Waals surface area (Å²) in [5, 5.41) is 10.6. The minimum absolute atomic E-state index is 0.144. The molecule has 2 atom stereocenters. The number of aliphatic hydroxyl groups is 1. The van der Waals surface area contributed by atoms with E-state index in [1.54, 1.807) is 6.20 Å². The van der Waals surface area contributed by atoms with E-state index in [0.29, 0.717) is 12.8 Å². The minimum atomic E-state index is -0.591. The van der Waals surface area contributed by atoms with Crippen molar-refractivity contribution in [2.75, 3.05) is 0 Å². The topological polar surface area (TPSA) is 79.7 Å². The molecule has 0 radical (unpaired) electrons. The highest BCUT2D eigenvalue weighted by Crippen LogP contribution is 2.44. The number of imide groups is 1. The van der Waals surface area contributed by atoms with Crippen molar-refractivity contribution in [3.05, 3.63) is 47.8 Å². The predicted molar refractivity (Wildman–Crippen MR) is 117 cm³/mol. The molecule has 2 aliphatic rings. The van der Waals surface area contributed by atoms with Crippen molar-refractivity contribution >= 4 is 43.9 Å². The zero-order valence-corrected chi connectivity index (χ0v) is 19.5. The molecule has 6 nitrogen and oxygen atoms in total. The molecule has 1 aromatic heterocycles. The predicted octanol–water partition coefficient (Wildman–Crippen LogP) is 4.47. The van der Waals surface area contributed by atoms with Crippen molar-refractivity contribution in [3.8, 4) is 16.9 Å². The Bertz CT molecular complexity index is 932. The number of hydrogen-bond acceptors (Lipinski definition) is 5. The van der Waals surface area contributed by atoms with E-state index in [1.807, 2.05) is 51.1 Å². The van der Waals surface area contributed by atoms with Crippen molar-refractivity contribution in [2.45, 2.75) is 50.1 Å². The molecule has 29 heavy (non-hydrogen) atoms. The summed E-state index contributed by atoms with van der Waals surface area (Å²) >= 11 is 6.36. The molecule has 0 bridgehead atoms. The number of aliphatic hydroxyl groups excluding tert-OH is 1. The second kappa shape index (κ2) is 8.53. The highest BCUT2D eigenvalue weighted by molar-refractivity contribution is 9.09. The van der Waals surface area contributed by atoms with Gasteiger partial charge in [-0.25, -0.2) is 3.93 Å². The first-order valence-corrected chi connectivity index (χ1v) is 10.8. The number of carbonyl (C=O) groups is 2. The molecule has 2 aliphatic heterocycles. The Morgan fingerprint density at radius 1 is 1.14 bits per heavy atom. The fourth-order valence-corrected chi connectivity index (χ4v) is 3.94. The number of fused-ring (bicyclic) bond motifs is 1. The molecule has 0 spiro atoms. The number of ether oxygens (including phenoxy) is 1. The first kappa shape index (κ1) is 21.9. The average molecular weight is 526 g/mol. The number of aromatic nitrogens is 1. The third-order valence-corrected chi connectivity index (χ3v) is 7.26. The van der Waals surface area contributed by atoms with Gasteiger partial charge in [-0.1, -0.05) is 22.0 Å². The van der Waals surface area contributed by atoms with Crippen LogP contribution in [0.15, 0.2) is 36.5 Å². The summed E-state index contributed by atoms with van der Waals surface area (Å²) in [6.45, 7) is 5.91. The number of rotatable bonds is 1. The zero-order chi connectivity index (χ0) is 21.3. The van der Waals surface area contributed by atoms with Gasteiger partial charge in [0.05, 0.1) is 27.1 Å². The highest BCUT2D eigenvalue weighted by Gasteiger charge is 2.41. The summed E-state index contributed by atoms with van der Waals surface area (Å²) in [5.74, 6) is 0.461. The molecule has 0 unspecified atom stereocenters. The van der Waals surface area contributed by atoms with Crippen LogP contribution >= 0.6 is 32.1 Å². The van der Waals surface area contributed by atoms with Gasteiger partial charge in [0.15, 0.2) is 0 Å². The summed E-state index contributed by atoms with van der Waals surface area (Å²) in [6, 6.07) is 9.96. The highest BCUT2D eigenvalue weighted by atomic mass is 79.9. The van der Waals surface area contributed by atoms with Crippen LogP contribution in [-0.4, -0.2) is 36.3 Å². The third-order valence-electron chi connectivity index (χ3n) is 4.86. The van der Waals surface area contributed by atoms with Crippen molar-refractivity contribution in [2.24, 2.45) is 0 Å². The van der Waals surface area contributed by atoms with Crippen LogP contribution in [0.5, 0.6) is 5.75 Å². The van der Waals surface area contributed by atoms with E-state index in [9.17, 15) is 14.7 Å². The fourth-order valence-electron chi connectivity index (χ4n) is 3.20. The Morgan fingerprint density at radius 2 is 1.76 bits per heavy atom. The summed E-state index contributed by atoms with van der Waals surface area (Å²) in [6.07, 6.45) is 1.91. The molecule has 0 saturated carbocycles. The normalized spacial score (nSPS) is 22.5. The van der Waals surface area contributed by atoms with Crippen LogP contribution < -0.4 is 4.74 Å². The van der Waals surface area contributed by atoms with Crippen molar-refractivity contribution < 1.29 is 19.4 Å². The van der Waals surface area contributed by atoms with Gasteiger partial charge in [0.25, 0.3) is 0 Å². The molecule has 0 aliphatic carbocycles. The number of halogens is 2. The Labute approximate surface area is 186 Å². The number of carbonyl (C=O) groups excluding carboxylic acids is 2. The molecule has 3 heterocycles. The van der Waals surface area contributed by atoms with Crippen molar-refractivity contribution in [3.63, 3.8) is 0 Å². The zero-order valence-electron chi connectivity index (χ0n) is 16.4. The first-order chi connectivity index (χ1) is 13.6. The summed E-state index contributed by atoms with van der Waals surface area (Å²) in [5.41, 5.74) is 3.50.